The molecule has 0 aliphatic heterocycles. The van der Waals surface area contributed by atoms with Crippen LogP contribution >= 0.6 is 0 Å². The Bertz CT molecular complexity index is 520. The quantitative estimate of drug-likeness (QED) is 0.478. The van der Waals surface area contributed by atoms with Crippen LogP contribution in [-0.2, 0) is 0 Å². The van der Waals surface area contributed by atoms with E-state index in [1.807, 2.05) is 0 Å². The van der Waals surface area contributed by atoms with E-state index in [-0.39, 0.29) is 11.3 Å². The highest BCUT2D eigenvalue weighted by Gasteiger charge is 2.12. The first-order valence-electron chi connectivity index (χ1n) is 4.70. The lowest BCUT2D eigenvalue weighted by atomic mass is 10.1. The van der Waals surface area contributed by atoms with Crippen molar-refractivity contribution in [3.8, 4) is 5.69 Å². The van der Waals surface area contributed by atoms with Gasteiger partial charge in [-0.1, -0.05) is 11.2 Å². The fraction of sp³-hybridized carbons (Fsp3) is 0.0909. The molecule has 0 fully saturated rings. The fourth-order valence-electron chi connectivity index (χ4n) is 1.54. The van der Waals surface area contributed by atoms with Crippen LogP contribution < -0.4 is 0 Å². The minimum atomic E-state index is -0.429. The Morgan fingerprint density at radius 3 is 2.94 bits per heavy atom. The van der Waals surface area contributed by atoms with Gasteiger partial charge in [0.15, 0.2) is 0 Å². The Kier molecular flexibility index (Phi) is 2.68. The summed E-state index contributed by atoms with van der Waals surface area (Å²) in [5.74, 6) is -0.429. The maximum absolute atomic E-state index is 13.7. The molecule has 16 heavy (non-hydrogen) atoms. The molecule has 1 aromatic carbocycles. The predicted molar refractivity (Wildman–Crippen MR) is 57.5 cm³/mol. The summed E-state index contributed by atoms with van der Waals surface area (Å²) in [4.78, 5) is 3.89. The van der Waals surface area contributed by atoms with Crippen LogP contribution in [0.25, 0.3) is 5.69 Å². The van der Waals surface area contributed by atoms with Gasteiger partial charge in [-0.25, -0.2) is 9.37 Å². The average Bonchev–Trinajstić information content (AvgIpc) is 2.81. The monoisotopic (exact) mass is 219 g/mol. The molecule has 0 bridgehead atoms. The molecule has 2 aromatic rings. The lowest BCUT2D eigenvalue weighted by Crippen LogP contribution is -2.06. The lowest BCUT2D eigenvalue weighted by molar-refractivity contribution is 0.319. The molecule has 0 aliphatic carbocycles. The molecule has 0 radical (unpaired) electrons. The second-order valence-electron chi connectivity index (χ2n) is 3.29. The van der Waals surface area contributed by atoms with Crippen molar-refractivity contribution in [2.24, 2.45) is 5.16 Å². The Morgan fingerprint density at radius 2 is 2.31 bits per heavy atom. The molecule has 0 spiro atoms. The van der Waals surface area contributed by atoms with Gasteiger partial charge in [0, 0.05) is 12.4 Å². The van der Waals surface area contributed by atoms with Crippen molar-refractivity contribution >= 4 is 5.71 Å². The molecule has 0 saturated heterocycles. The van der Waals surface area contributed by atoms with E-state index in [4.69, 9.17) is 5.21 Å². The number of rotatable bonds is 2. The van der Waals surface area contributed by atoms with E-state index < -0.39 is 5.82 Å². The summed E-state index contributed by atoms with van der Waals surface area (Å²) in [6, 6.07) is 4.65. The highest BCUT2D eigenvalue weighted by molar-refractivity contribution is 6.01. The van der Waals surface area contributed by atoms with Crippen LogP contribution in [0.1, 0.15) is 12.5 Å². The Morgan fingerprint density at radius 1 is 1.50 bits per heavy atom. The zero-order valence-electron chi connectivity index (χ0n) is 8.63. The van der Waals surface area contributed by atoms with E-state index in [0.717, 1.165) is 0 Å². The van der Waals surface area contributed by atoms with E-state index >= 15 is 0 Å². The van der Waals surface area contributed by atoms with Crippen molar-refractivity contribution in [3.63, 3.8) is 0 Å². The third-order valence-corrected chi connectivity index (χ3v) is 2.29. The number of nitrogens with zero attached hydrogens (tertiary/aromatic N) is 3. The zero-order chi connectivity index (χ0) is 11.5. The van der Waals surface area contributed by atoms with Crippen LogP contribution in [0.2, 0.25) is 0 Å². The zero-order valence-corrected chi connectivity index (χ0v) is 8.63. The third kappa shape index (κ3) is 1.67. The van der Waals surface area contributed by atoms with Gasteiger partial charge in [-0.15, -0.1) is 0 Å². The van der Waals surface area contributed by atoms with E-state index in [9.17, 15) is 4.39 Å². The van der Waals surface area contributed by atoms with Crippen LogP contribution in [0.3, 0.4) is 0 Å². The molecule has 1 N–H and O–H groups in total. The Labute approximate surface area is 91.7 Å². The maximum Gasteiger partial charge on any atom is 0.134 e. The predicted octanol–water partition coefficient (Wildman–Crippen LogP) is 2.21. The molecule has 0 unspecified atom stereocenters. The molecule has 4 nitrogen and oxygen atoms in total. The number of aromatic nitrogens is 2. The lowest BCUT2D eigenvalue weighted by Gasteiger charge is -2.09. The van der Waals surface area contributed by atoms with E-state index in [0.29, 0.717) is 5.69 Å². The maximum atomic E-state index is 13.7. The molecule has 0 saturated carbocycles. The topological polar surface area (TPSA) is 50.4 Å². The molecule has 0 atom stereocenters. The van der Waals surface area contributed by atoms with Crippen LogP contribution in [0, 0.1) is 5.82 Å². The largest absolute Gasteiger partial charge is 0.411 e. The molecule has 2 rings (SSSR count). The number of hydrogen-bond donors (Lipinski definition) is 1. The second-order valence-corrected chi connectivity index (χ2v) is 3.29. The van der Waals surface area contributed by atoms with Gasteiger partial charge in [0.05, 0.1) is 23.3 Å². The number of benzene rings is 1. The molecule has 5 heteroatoms. The molecule has 0 aliphatic rings. The van der Waals surface area contributed by atoms with Crippen molar-refractivity contribution in [2.75, 3.05) is 0 Å². The van der Waals surface area contributed by atoms with Gasteiger partial charge in [0.2, 0.25) is 0 Å². The molecule has 1 aromatic heterocycles. The SMILES string of the molecule is C/C(=N/O)c1c(F)cccc1-n1ccnc1. The van der Waals surface area contributed by atoms with Crippen molar-refractivity contribution in [2.45, 2.75) is 6.92 Å². The minimum absolute atomic E-state index is 0.224. The Balaban J connectivity index is 2.67. The molecule has 82 valence electrons. The summed E-state index contributed by atoms with van der Waals surface area (Å²) in [6.45, 7) is 1.54. The van der Waals surface area contributed by atoms with E-state index in [2.05, 4.69) is 10.1 Å². The Hall–Kier alpha value is -2.17. The van der Waals surface area contributed by atoms with Crippen molar-refractivity contribution in [3.05, 3.63) is 48.3 Å². The minimum Gasteiger partial charge on any atom is -0.411 e. The summed E-state index contributed by atoms with van der Waals surface area (Å²) in [5, 5.41) is 11.8. The third-order valence-electron chi connectivity index (χ3n) is 2.29. The van der Waals surface area contributed by atoms with Crippen LogP contribution in [-0.4, -0.2) is 20.5 Å². The number of imidazole rings is 1. The van der Waals surface area contributed by atoms with Crippen molar-refractivity contribution < 1.29 is 9.60 Å². The summed E-state index contributed by atoms with van der Waals surface area (Å²) in [6.07, 6.45) is 4.85. The second kappa shape index (κ2) is 4.14. The van der Waals surface area contributed by atoms with Gasteiger partial charge in [0.1, 0.15) is 5.82 Å². The van der Waals surface area contributed by atoms with E-state index in [1.54, 1.807) is 42.3 Å². The molecular weight excluding hydrogens is 209 g/mol. The summed E-state index contributed by atoms with van der Waals surface area (Å²) in [7, 11) is 0. The van der Waals surface area contributed by atoms with Gasteiger partial charge in [0.25, 0.3) is 0 Å². The molecular formula is C11H10FN3O. The highest BCUT2D eigenvalue weighted by atomic mass is 19.1. The normalized spacial score (nSPS) is 11.8. The van der Waals surface area contributed by atoms with Gasteiger partial charge in [-0.2, -0.15) is 0 Å². The van der Waals surface area contributed by atoms with Gasteiger partial charge >= 0.3 is 0 Å². The fourth-order valence-corrected chi connectivity index (χ4v) is 1.54. The van der Waals surface area contributed by atoms with Crippen molar-refractivity contribution in [1.82, 2.24) is 9.55 Å². The van der Waals surface area contributed by atoms with Gasteiger partial charge < -0.3 is 9.77 Å². The number of halogens is 1. The van der Waals surface area contributed by atoms with E-state index in [1.165, 1.54) is 6.07 Å². The summed E-state index contributed by atoms with van der Waals surface area (Å²) < 4.78 is 15.3. The smallest absolute Gasteiger partial charge is 0.134 e. The highest BCUT2D eigenvalue weighted by Crippen LogP contribution is 2.18. The first-order valence-corrected chi connectivity index (χ1v) is 4.70. The number of hydrogen-bond acceptors (Lipinski definition) is 3. The number of oxime groups is 1. The summed E-state index contributed by atoms with van der Waals surface area (Å²) >= 11 is 0. The van der Waals surface area contributed by atoms with Gasteiger partial charge in [-0.3, -0.25) is 0 Å². The molecule has 1 heterocycles. The standard InChI is InChI=1S/C11H10FN3O/c1-8(14-16)11-9(12)3-2-4-10(11)15-6-5-13-7-15/h2-7,16H,1H3/b14-8-. The average molecular weight is 219 g/mol. The van der Waals surface area contributed by atoms with Crippen LogP contribution in [0.4, 0.5) is 4.39 Å². The van der Waals surface area contributed by atoms with Crippen LogP contribution in [0.15, 0.2) is 42.1 Å². The van der Waals surface area contributed by atoms with Crippen LogP contribution in [0.5, 0.6) is 0 Å². The first kappa shape index (κ1) is 10.4. The molecule has 0 amide bonds. The van der Waals surface area contributed by atoms with Gasteiger partial charge in [-0.05, 0) is 19.1 Å². The van der Waals surface area contributed by atoms with Crippen molar-refractivity contribution in [1.29, 1.82) is 0 Å². The summed E-state index contributed by atoms with van der Waals surface area (Å²) in [5.41, 5.74) is 1.08. The first-order chi connectivity index (χ1) is 7.74.